The minimum Gasteiger partial charge on any atom is -0.357 e. The molecule has 2 aromatic rings. The van der Waals surface area contributed by atoms with Gasteiger partial charge in [0.2, 0.25) is 11.8 Å². The van der Waals surface area contributed by atoms with E-state index in [0.29, 0.717) is 12.8 Å². The largest absolute Gasteiger partial charge is 0.357 e. The van der Waals surface area contributed by atoms with E-state index in [0.717, 1.165) is 11.1 Å². The van der Waals surface area contributed by atoms with E-state index in [9.17, 15) is 14.4 Å². The second-order valence-electron chi connectivity index (χ2n) is 8.00. The summed E-state index contributed by atoms with van der Waals surface area (Å²) in [6, 6.07) is 17.9. The first-order valence-electron chi connectivity index (χ1n) is 10.4. The highest BCUT2D eigenvalue weighted by Crippen LogP contribution is 2.23. The van der Waals surface area contributed by atoms with Crippen LogP contribution in [-0.4, -0.2) is 35.7 Å². The van der Waals surface area contributed by atoms with E-state index in [2.05, 4.69) is 28.6 Å². The summed E-state index contributed by atoms with van der Waals surface area (Å²) in [5, 5.41) is 8.16. The highest BCUT2D eigenvalue weighted by molar-refractivity contribution is 7.82. The van der Waals surface area contributed by atoms with Gasteiger partial charge in [-0.3, -0.25) is 14.4 Å². The van der Waals surface area contributed by atoms with Crippen LogP contribution in [0, 0.1) is 5.92 Å². The molecule has 0 aliphatic heterocycles. The molecule has 2 rings (SSSR count). The molecule has 2 aromatic carbocycles. The van der Waals surface area contributed by atoms with Crippen LogP contribution in [0.15, 0.2) is 60.7 Å². The van der Waals surface area contributed by atoms with E-state index in [1.54, 1.807) is 0 Å². The van der Waals surface area contributed by atoms with Crippen LogP contribution in [0.4, 0.5) is 0 Å². The third kappa shape index (κ3) is 7.75. The van der Waals surface area contributed by atoms with Gasteiger partial charge in [-0.05, 0) is 23.5 Å². The molecule has 166 valence electrons. The first kappa shape index (κ1) is 24.5. The lowest BCUT2D eigenvalue weighted by atomic mass is 10.00. The van der Waals surface area contributed by atoms with Gasteiger partial charge in [-0.1, -0.05) is 74.5 Å². The fraction of sp³-hybridized carbons (Fsp3) is 0.375. The van der Waals surface area contributed by atoms with Crippen molar-refractivity contribution in [3.63, 3.8) is 0 Å². The molecule has 31 heavy (non-hydrogen) atoms. The molecule has 1 unspecified atom stereocenters. The van der Waals surface area contributed by atoms with E-state index in [-0.39, 0.29) is 24.2 Å². The monoisotopic (exact) mass is 441 g/mol. The van der Waals surface area contributed by atoms with Crippen molar-refractivity contribution in [1.82, 2.24) is 16.0 Å². The lowest BCUT2D eigenvalue weighted by molar-refractivity contribution is -0.133. The maximum Gasteiger partial charge on any atom is 0.256 e. The summed E-state index contributed by atoms with van der Waals surface area (Å²) in [4.78, 5) is 36.9. The summed E-state index contributed by atoms with van der Waals surface area (Å²) in [5.41, 5.74) is 1.76. The molecule has 0 aromatic heterocycles. The third-order valence-electron chi connectivity index (χ3n) is 4.78. The average Bonchev–Trinajstić information content (AvgIpc) is 2.73. The number of rotatable bonds is 10. The van der Waals surface area contributed by atoms with Gasteiger partial charge < -0.3 is 16.0 Å². The summed E-state index contributed by atoms with van der Waals surface area (Å²) in [6.07, 6.45) is 0.779. The van der Waals surface area contributed by atoms with E-state index >= 15 is 0 Å². The van der Waals surface area contributed by atoms with Gasteiger partial charge in [0.1, 0.15) is 6.04 Å². The number of likely N-dealkylation sites (N-methyl/N-ethyl adjacent to an activating group) is 1. The average molecular weight is 442 g/mol. The van der Waals surface area contributed by atoms with E-state index in [1.807, 2.05) is 74.5 Å². The topological polar surface area (TPSA) is 87.3 Å². The smallest absolute Gasteiger partial charge is 0.256 e. The molecule has 0 saturated heterocycles. The Balaban J connectivity index is 2.16. The Hall–Kier alpha value is -2.80. The normalized spacial score (nSPS) is 13.7. The lowest BCUT2D eigenvalue weighted by Gasteiger charge is -2.32. The molecule has 0 bridgehead atoms. The first-order chi connectivity index (χ1) is 14.7. The summed E-state index contributed by atoms with van der Waals surface area (Å²) in [6.45, 7) is 3.89. The summed E-state index contributed by atoms with van der Waals surface area (Å²) in [5.74, 6) is -1.03. The highest BCUT2D eigenvalue weighted by atomic mass is 32.1. The Morgan fingerprint density at radius 1 is 0.935 bits per heavy atom. The molecule has 0 aliphatic rings. The number of hydrogen-bond acceptors (Lipinski definition) is 4. The number of hydrogen-bond donors (Lipinski definition) is 4. The van der Waals surface area contributed by atoms with Gasteiger partial charge in [0, 0.05) is 13.5 Å². The van der Waals surface area contributed by atoms with Crippen molar-refractivity contribution in [2.45, 2.75) is 44.0 Å². The van der Waals surface area contributed by atoms with Crippen molar-refractivity contribution in [1.29, 1.82) is 0 Å². The van der Waals surface area contributed by atoms with Gasteiger partial charge in [-0.15, -0.1) is 12.6 Å². The van der Waals surface area contributed by atoms with E-state index in [1.165, 1.54) is 7.05 Å². The van der Waals surface area contributed by atoms with Crippen LogP contribution in [0.3, 0.4) is 0 Å². The molecular formula is C24H31N3O3S. The second-order valence-corrected chi connectivity index (χ2v) is 8.76. The number of benzene rings is 2. The number of carbonyl (C=O) groups is 3. The predicted molar refractivity (Wildman–Crippen MR) is 126 cm³/mol. The van der Waals surface area contributed by atoms with Crippen molar-refractivity contribution in [3.05, 3.63) is 71.8 Å². The zero-order chi connectivity index (χ0) is 22.9. The first-order valence-corrected chi connectivity index (χ1v) is 10.8. The Labute approximate surface area is 189 Å². The van der Waals surface area contributed by atoms with Gasteiger partial charge in [-0.25, -0.2) is 0 Å². The fourth-order valence-electron chi connectivity index (χ4n) is 3.36. The van der Waals surface area contributed by atoms with Crippen LogP contribution < -0.4 is 16.0 Å². The molecule has 0 radical (unpaired) electrons. The van der Waals surface area contributed by atoms with Gasteiger partial charge >= 0.3 is 0 Å². The maximum absolute atomic E-state index is 13.2. The van der Waals surface area contributed by atoms with Crippen LogP contribution in [0.5, 0.6) is 0 Å². The van der Waals surface area contributed by atoms with Gasteiger partial charge in [-0.2, -0.15) is 0 Å². The molecular weight excluding hydrogens is 410 g/mol. The lowest BCUT2D eigenvalue weighted by Crippen LogP contribution is -2.60. The number of nitrogens with one attached hydrogen (secondary N) is 3. The molecule has 0 fully saturated rings. The van der Waals surface area contributed by atoms with E-state index in [4.69, 9.17) is 0 Å². The maximum atomic E-state index is 13.2. The van der Waals surface area contributed by atoms with Crippen molar-refractivity contribution < 1.29 is 14.4 Å². The molecule has 3 amide bonds. The molecule has 2 atom stereocenters. The molecule has 0 saturated carbocycles. The number of amides is 3. The predicted octanol–water partition coefficient (Wildman–Crippen LogP) is 2.49. The molecule has 0 aliphatic carbocycles. The van der Waals surface area contributed by atoms with E-state index < -0.39 is 16.8 Å². The summed E-state index contributed by atoms with van der Waals surface area (Å²) < 4.78 is 0. The van der Waals surface area contributed by atoms with Crippen LogP contribution in [0.2, 0.25) is 0 Å². The van der Waals surface area contributed by atoms with Gasteiger partial charge in [0.05, 0.1) is 6.42 Å². The number of carbonyl (C=O) groups excluding carboxylic acids is 3. The zero-order valence-electron chi connectivity index (χ0n) is 18.2. The molecule has 3 N–H and O–H groups in total. The molecule has 6 nitrogen and oxygen atoms in total. The quantitative estimate of drug-likeness (QED) is 0.337. The number of thiol groups is 1. The Morgan fingerprint density at radius 2 is 1.48 bits per heavy atom. The fourth-order valence-corrected chi connectivity index (χ4v) is 3.91. The van der Waals surface area contributed by atoms with Crippen LogP contribution >= 0.6 is 12.6 Å². The van der Waals surface area contributed by atoms with Crippen molar-refractivity contribution in [2.75, 3.05) is 7.05 Å². The summed E-state index contributed by atoms with van der Waals surface area (Å²) >= 11 is 4.58. The minimum absolute atomic E-state index is 0.0906. The van der Waals surface area contributed by atoms with Crippen LogP contribution in [0.1, 0.15) is 31.4 Å². The Bertz CT molecular complexity index is 874. The minimum atomic E-state index is -1.44. The molecule has 0 spiro atoms. The highest BCUT2D eigenvalue weighted by Gasteiger charge is 2.38. The Kier molecular flexibility index (Phi) is 9.12. The van der Waals surface area contributed by atoms with Crippen LogP contribution in [0.25, 0.3) is 0 Å². The third-order valence-corrected chi connectivity index (χ3v) is 5.28. The zero-order valence-corrected chi connectivity index (χ0v) is 19.1. The second kappa shape index (κ2) is 11.6. The SMILES string of the molecule is CNC(=O)[C@H](Cc1ccccc1)NC(=O)C(S)(CC(C)C)NC(=O)Cc1ccccc1. The standard InChI is InChI=1S/C24H31N3O3S/c1-17(2)16-24(31,27-21(28)15-19-12-8-5-9-13-19)23(30)26-20(22(29)25-3)14-18-10-6-4-7-11-18/h4-13,17,20,31H,14-16H2,1-3H3,(H,25,29)(H,26,30)(H,27,28)/t20-,24?/m0/s1. The molecule has 0 heterocycles. The van der Waals surface area contributed by atoms with Crippen molar-refractivity contribution in [2.24, 2.45) is 5.92 Å². The molecule has 7 heteroatoms. The van der Waals surface area contributed by atoms with Crippen LogP contribution in [-0.2, 0) is 27.2 Å². The van der Waals surface area contributed by atoms with Crippen molar-refractivity contribution >= 4 is 30.4 Å². The van der Waals surface area contributed by atoms with Crippen molar-refractivity contribution in [3.8, 4) is 0 Å². The summed E-state index contributed by atoms with van der Waals surface area (Å²) in [7, 11) is 1.52. The van der Waals surface area contributed by atoms with Gasteiger partial charge in [0.15, 0.2) is 4.87 Å². The van der Waals surface area contributed by atoms with Gasteiger partial charge in [0.25, 0.3) is 5.91 Å². The Morgan fingerprint density at radius 3 is 2.00 bits per heavy atom.